The predicted molar refractivity (Wildman–Crippen MR) is 120 cm³/mol. The Bertz CT molecular complexity index is 1070. The number of morpholine rings is 1. The van der Waals surface area contributed by atoms with Crippen molar-refractivity contribution in [1.82, 2.24) is 14.9 Å². The fourth-order valence-corrected chi connectivity index (χ4v) is 4.68. The van der Waals surface area contributed by atoms with Gasteiger partial charge in [-0.05, 0) is 37.3 Å². The molecular formula is C23H24N4O3S. The maximum absolute atomic E-state index is 12.9. The van der Waals surface area contributed by atoms with E-state index >= 15 is 0 Å². The van der Waals surface area contributed by atoms with E-state index in [1.165, 1.54) is 0 Å². The minimum Gasteiger partial charge on any atom is -0.479 e. The Morgan fingerprint density at radius 2 is 2.00 bits per heavy atom. The number of amides is 1. The molecule has 1 fully saturated rings. The van der Waals surface area contributed by atoms with E-state index in [0.29, 0.717) is 6.54 Å². The molecular weight excluding hydrogens is 412 g/mol. The smallest absolute Gasteiger partial charge is 0.267 e. The van der Waals surface area contributed by atoms with E-state index < -0.39 is 6.10 Å². The summed E-state index contributed by atoms with van der Waals surface area (Å²) >= 11 is 1.56. The molecule has 1 amide bonds. The summed E-state index contributed by atoms with van der Waals surface area (Å²) in [5.74, 6) is 0.725. The number of ether oxygens (including phenoxy) is 2. The van der Waals surface area contributed by atoms with E-state index in [9.17, 15) is 4.79 Å². The Morgan fingerprint density at radius 1 is 1.13 bits per heavy atom. The Hall–Kier alpha value is -2.81. The van der Waals surface area contributed by atoms with E-state index in [4.69, 9.17) is 14.5 Å². The molecule has 0 bridgehead atoms. The van der Waals surface area contributed by atoms with E-state index in [1.807, 2.05) is 46.7 Å². The minimum absolute atomic E-state index is 0.00892. The van der Waals surface area contributed by atoms with E-state index in [0.717, 1.165) is 66.2 Å². The van der Waals surface area contributed by atoms with Crippen LogP contribution < -0.4 is 9.64 Å². The van der Waals surface area contributed by atoms with Gasteiger partial charge in [-0.15, -0.1) is 11.3 Å². The van der Waals surface area contributed by atoms with Crippen molar-refractivity contribution in [3.05, 3.63) is 48.0 Å². The highest BCUT2D eigenvalue weighted by Crippen LogP contribution is 2.38. The second-order valence-electron chi connectivity index (χ2n) is 7.64. The fourth-order valence-electron chi connectivity index (χ4n) is 3.88. The van der Waals surface area contributed by atoms with Crippen LogP contribution in [0.1, 0.15) is 6.92 Å². The van der Waals surface area contributed by atoms with Crippen molar-refractivity contribution in [1.29, 1.82) is 0 Å². The van der Waals surface area contributed by atoms with Crippen LogP contribution in [0, 0.1) is 0 Å². The van der Waals surface area contributed by atoms with Crippen LogP contribution in [0.3, 0.4) is 0 Å². The molecule has 0 N–H and O–H groups in total. The summed E-state index contributed by atoms with van der Waals surface area (Å²) in [5.41, 5.74) is 3.49. The van der Waals surface area contributed by atoms with Crippen LogP contribution in [0.2, 0.25) is 0 Å². The third-order valence-corrected chi connectivity index (χ3v) is 6.46. The number of hydrogen-bond acceptors (Lipinski definition) is 7. The molecule has 8 heteroatoms. The molecule has 0 saturated carbocycles. The lowest BCUT2D eigenvalue weighted by Gasteiger charge is -2.35. The number of aromatic nitrogens is 2. The first-order valence-electron chi connectivity index (χ1n) is 10.5. The lowest BCUT2D eigenvalue weighted by atomic mass is 10.1. The first kappa shape index (κ1) is 20.1. The molecule has 160 valence electrons. The Kier molecular flexibility index (Phi) is 5.67. The first-order valence-corrected chi connectivity index (χ1v) is 11.4. The van der Waals surface area contributed by atoms with Gasteiger partial charge in [0.25, 0.3) is 5.91 Å². The predicted octanol–water partition coefficient (Wildman–Crippen LogP) is 3.32. The van der Waals surface area contributed by atoms with Crippen LogP contribution in [-0.2, 0) is 9.53 Å². The van der Waals surface area contributed by atoms with Gasteiger partial charge >= 0.3 is 0 Å². The molecule has 2 aliphatic heterocycles. The third-order valence-electron chi connectivity index (χ3n) is 5.59. The Balaban J connectivity index is 1.42. The summed E-state index contributed by atoms with van der Waals surface area (Å²) < 4.78 is 11.3. The summed E-state index contributed by atoms with van der Waals surface area (Å²) in [6, 6.07) is 11.8. The highest BCUT2D eigenvalue weighted by molar-refractivity contribution is 7.13. The number of rotatable bonds is 5. The molecule has 2 aromatic heterocycles. The fraction of sp³-hybridized carbons (Fsp3) is 0.348. The molecule has 3 aromatic rings. The van der Waals surface area contributed by atoms with Crippen LogP contribution >= 0.6 is 11.3 Å². The molecule has 5 rings (SSSR count). The lowest BCUT2D eigenvalue weighted by molar-refractivity contribution is -0.125. The summed E-state index contributed by atoms with van der Waals surface area (Å²) in [5, 5.41) is 2.90. The minimum atomic E-state index is -0.488. The zero-order valence-corrected chi connectivity index (χ0v) is 18.2. The van der Waals surface area contributed by atoms with Gasteiger partial charge in [0.05, 0.1) is 30.3 Å². The second kappa shape index (κ2) is 8.74. The third kappa shape index (κ3) is 4.19. The molecule has 4 heterocycles. The van der Waals surface area contributed by atoms with Gasteiger partial charge in [-0.3, -0.25) is 14.7 Å². The number of hydrogen-bond donors (Lipinski definition) is 0. The SMILES string of the molecule is CC1Oc2ccc(-c3csc(-c4ccccn4)n3)cc2N(CCN2CCOCC2)C1=O. The maximum atomic E-state index is 12.9. The van der Waals surface area contributed by atoms with Crippen molar-refractivity contribution < 1.29 is 14.3 Å². The number of anilines is 1. The van der Waals surface area contributed by atoms with Gasteiger partial charge < -0.3 is 14.4 Å². The van der Waals surface area contributed by atoms with Gasteiger partial charge in [-0.1, -0.05) is 6.07 Å². The monoisotopic (exact) mass is 436 g/mol. The van der Waals surface area contributed by atoms with Crippen LogP contribution in [0.5, 0.6) is 5.75 Å². The molecule has 1 atom stereocenters. The first-order chi connectivity index (χ1) is 15.2. The summed E-state index contributed by atoms with van der Waals surface area (Å²) in [4.78, 5) is 26.3. The Morgan fingerprint density at radius 3 is 2.81 bits per heavy atom. The lowest BCUT2D eigenvalue weighted by Crippen LogP contribution is -2.48. The highest BCUT2D eigenvalue weighted by Gasteiger charge is 2.32. The normalized spacial score (nSPS) is 19.2. The van der Waals surface area contributed by atoms with Crippen LogP contribution in [0.4, 0.5) is 5.69 Å². The van der Waals surface area contributed by atoms with Crippen molar-refractivity contribution in [3.8, 4) is 27.7 Å². The molecule has 1 saturated heterocycles. The molecule has 1 unspecified atom stereocenters. The average Bonchev–Trinajstić information content (AvgIpc) is 3.31. The summed E-state index contributed by atoms with van der Waals surface area (Å²) in [6.45, 7) is 6.53. The van der Waals surface area contributed by atoms with Crippen molar-refractivity contribution in [3.63, 3.8) is 0 Å². The van der Waals surface area contributed by atoms with Crippen molar-refractivity contribution >= 4 is 22.9 Å². The number of thiazole rings is 1. The van der Waals surface area contributed by atoms with Crippen LogP contribution in [-0.4, -0.2) is 66.3 Å². The van der Waals surface area contributed by atoms with E-state index in [-0.39, 0.29) is 5.91 Å². The number of nitrogens with zero attached hydrogens (tertiary/aromatic N) is 4. The molecule has 0 radical (unpaired) electrons. The number of fused-ring (bicyclic) bond motifs is 1. The quantitative estimate of drug-likeness (QED) is 0.611. The number of benzene rings is 1. The van der Waals surface area contributed by atoms with Gasteiger partial charge in [-0.2, -0.15) is 0 Å². The molecule has 1 aromatic carbocycles. The molecule has 0 spiro atoms. The summed E-state index contributed by atoms with van der Waals surface area (Å²) in [7, 11) is 0. The summed E-state index contributed by atoms with van der Waals surface area (Å²) in [6.07, 6.45) is 1.28. The largest absolute Gasteiger partial charge is 0.479 e. The second-order valence-corrected chi connectivity index (χ2v) is 8.50. The van der Waals surface area contributed by atoms with Crippen molar-refractivity contribution in [2.24, 2.45) is 0 Å². The van der Waals surface area contributed by atoms with E-state index in [1.54, 1.807) is 24.5 Å². The van der Waals surface area contributed by atoms with Crippen LogP contribution in [0.25, 0.3) is 22.0 Å². The van der Waals surface area contributed by atoms with Gasteiger partial charge in [-0.25, -0.2) is 4.98 Å². The molecule has 2 aliphatic rings. The molecule has 7 nitrogen and oxygen atoms in total. The van der Waals surface area contributed by atoms with Gasteiger partial charge in [0.1, 0.15) is 10.8 Å². The van der Waals surface area contributed by atoms with E-state index in [2.05, 4.69) is 9.88 Å². The topological polar surface area (TPSA) is 67.8 Å². The maximum Gasteiger partial charge on any atom is 0.267 e. The van der Waals surface area contributed by atoms with Gasteiger partial charge in [0.2, 0.25) is 0 Å². The van der Waals surface area contributed by atoms with Crippen molar-refractivity contribution in [2.45, 2.75) is 13.0 Å². The number of pyridine rings is 1. The molecule has 0 aliphatic carbocycles. The zero-order chi connectivity index (χ0) is 21.2. The molecule has 31 heavy (non-hydrogen) atoms. The Labute approximate surface area is 185 Å². The number of carbonyl (C=O) groups excluding carboxylic acids is 1. The standard InChI is InChI=1S/C23H24N4O3S/c1-16-23(28)27(9-8-26-10-12-29-13-11-26)20-14-17(5-6-21(20)30-16)19-15-31-22(25-19)18-4-2-3-7-24-18/h2-7,14-16H,8-13H2,1H3. The zero-order valence-electron chi connectivity index (χ0n) is 17.4. The van der Waals surface area contributed by atoms with Gasteiger partial charge in [0, 0.05) is 43.3 Å². The van der Waals surface area contributed by atoms with Crippen molar-refractivity contribution in [2.75, 3.05) is 44.3 Å². The van der Waals surface area contributed by atoms with Crippen LogP contribution in [0.15, 0.2) is 48.0 Å². The average molecular weight is 437 g/mol. The number of carbonyl (C=O) groups is 1. The highest BCUT2D eigenvalue weighted by atomic mass is 32.1. The van der Waals surface area contributed by atoms with Gasteiger partial charge in [0.15, 0.2) is 6.10 Å².